The fourth-order valence-corrected chi connectivity index (χ4v) is 6.38. The summed E-state index contributed by atoms with van der Waals surface area (Å²) in [4.78, 5) is 29.9. The van der Waals surface area contributed by atoms with Crippen LogP contribution in [-0.2, 0) is 11.3 Å². The molecule has 7 atom stereocenters. The Morgan fingerprint density at radius 2 is 1.82 bits per heavy atom. The molecule has 1 heterocycles. The molecule has 0 spiro atoms. The van der Waals surface area contributed by atoms with Gasteiger partial charge in [-0.2, -0.15) is 0 Å². The maximum Gasteiger partial charge on any atom is 0.270 e. The van der Waals surface area contributed by atoms with Gasteiger partial charge >= 0.3 is 0 Å². The van der Waals surface area contributed by atoms with Crippen LogP contribution in [0.1, 0.15) is 62.5 Å². The van der Waals surface area contributed by atoms with Gasteiger partial charge in [-0.15, -0.1) is 0 Å². The molecule has 2 saturated carbocycles. The normalized spacial score (nSPS) is 31.7. The first-order valence-corrected chi connectivity index (χ1v) is 12.5. The quantitative estimate of drug-likeness (QED) is 0.605. The third-order valence-electron chi connectivity index (χ3n) is 8.47. The SMILES string of the molecule is C[C@H]1[C@@H]2[C@@H](O)[C@H]([C@H](C)C(=O)NCc3ccccc3)CC[C@@]2(C)CC[C@@H]1NC(=O)c1ccccn1. The van der Waals surface area contributed by atoms with Crippen LogP contribution in [0.4, 0.5) is 0 Å². The number of hydrogen-bond acceptors (Lipinski definition) is 4. The van der Waals surface area contributed by atoms with Crippen molar-refractivity contribution in [3.63, 3.8) is 0 Å². The van der Waals surface area contributed by atoms with Crippen molar-refractivity contribution in [3.8, 4) is 0 Å². The van der Waals surface area contributed by atoms with Crippen LogP contribution in [-0.4, -0.2) is 34.1 Å². The number of aliphatic hydroxyl groups is 1. The minimum Gasteiger partial charge on any atom is -0.392 e. The molecule has 2 aliphatic carbocycles. The van der Waals surface area contributed by atoms with E-state index in [1.165, 1.54) is 0 Å². The highest BCUT2D eigenvalue weighted by Crippen LogP contribution is 2.55. The van der Waals surface area contributed by atoms with Crippen molar-refractivity contribution in [1.29, 1.82) is 0 Å². The molecule has 0 aliphatic heterocycles. The first-order valence-electron chi connectivity index (χ1n) is 12.5. The van der Waals surface area contributed by atoms with Gasteiger partial charge in [0.05, 0.1) is 6.10 Å². The van der Waals surface area contributed by atoms with E-state index in [-0.39, 0.29) is 46.9 Å². The maximum absolute atomic E-state index is 13.0. The van der Waals surface area contributed by atoms with Gasteiger partial charge in [-0.1, -0.05) is 57.2 Å². The number of amides is 2. The zero-order chi connectivity index (χ0) is 24.3. The second-order valence-electron chi connectivity index (χ2n) is 10.6. The molecule has 4 rings (SSSR count). The molecule has 2 aromatic rings. The minimum atomic E-state index is -0.583. The van der Waals surface area contributed by atoms with E-state index in [1.54, 1.807) is 18.3 Å². The fourth-order valence-electron chi connectivity index (χ4n) is 6.38. The molecule has 6 heteroatoms. The van der Waals surface area contributed by atoms with E-state index in [0.29, 0.717) is 12.2 Å². The third kappa shape index (κ3) is 5.02. The van der Waals surface area contributed by atoms with Crippen molar-refractivity contribution in [2.24, 2.45) is 29.1 Å². The number of carbonyl (C=O) groups excluding carboxylic acids is 2. The first kappa shape index (κ1) is 24.4. The number of aliphatic hydroxyl groups excluding tert-OH is 1. The van der Waals surface area contributed by atoms with Crippen LogP contribution in [0.5, 0.6) is 0 Å². The number of rotatable bonds is 6. The molecule has 0 unspecified atom stereocenters. The van der Waals surface area contributed by atoms with Crippen LogP contribution in [0.3, 0.4) is 0 Å². The van der Waals surface area contributed by atoms with E-state index >= 15 is 0 Å². The Labute approximate surface area is 202 Å². The Morgan fingerprint density at radius 3 is 2.53 bits per heavy atom. The van der Waals surface area contributed by atoms with Crippen LogP contribution >= 0.6 is 0 Å². The summed E-state index contributed by atoms with van der Waals surface area (Å²) in [5, 5.41) is 17.8. The van der Waals surface area contributed by atoms with Gasteiger partial charge in [0.1, 0.15) is 5.69 Å². The Kier molecular flexibility index (Phi) is 7.36. The lowest BCUT2D eigenvalue weighted by Gasteiger charge is -2.56. The molecule has 1 aromatic heterocycles. The molecular formula is C28H37N3O3. The van der Waals surface area contributed by atoms with E-state index < -0.39 is 6.10 Å². The number of benzene rings is 1. The maximum atomic E-state index is 13.0. The van der Waals surface area contributed by atoms with E-state index in [9.17, 15) is 14.7 Å². The second kappa shape index (κ2) is 10.3. The summed E-state index contributed by atoms with van der Waals surface area (Å²) < 4.78 is 0. The van der Waals surface area contributed by atoms with Gasteiger partial charge in [-0.25, -0.2) is 0 Å². The Bertz CT molecular complexity index is 983. The summed E-state index contributed by atoms with van der Waals surface area (Å²) >= 11 is 0. The number of fused-ring (bicyclic) bond motifs is 1. The summed E-state index contributed by atoms with van der Waals surface area (Å²) in [6.07, 6.45) is 4.70. The smallest absolute Gasteiger partial charge is 0.270 e. The summed E-state index contributed by atoms with van der Waals surface area (Å²) in [6.45, 7) is 6.83. The van der Waals surface area contributed by atoms with Crippen molar-refractivity contribution < 1.29 is 14.7 Å². The van der Waals surface area contributed by atoms with Crippen LogP contribution in [0, 0.1) is 29.1 Å². The molecule has 2 aliphatic rings. The van der Waals surface area contributed by atoms with Gasteiger partial charge in [0.25, 0.3) is 5.91 Å². The number of nitrogens with zero attached hydrogens (tertiary/aromatic N) is 1. The molecule has 6 nitrogen and oxygen atoms in total. The van der Waals surface area contributed by atoms with Crippen molar-refractivity contribution in [3.05, 3.63) is 66.0 Å². The summed E-state index contributed by atoms with van der Waals surface area (Å²) in [6, 6.07) is 15.2. The molecular weight excluding hydrogens is 426 g/mol. The molecule has 0 saturated heterocycles. The highest BCUT2D eigenvalue weighted by Gasteiger charge is 2.53. The summed E-state index contributed by atoms with van der Waals surface area (Å²) in [5.41, 5.74) is 1.49. The Morgan fingerprint density at radius 1 is 1.12 bits per heavy atom. The second-order valence-corrected chi connectivity index (χ2v) is 10.6. The third-order valence-corrected chi connectivity index (χ3v) is 8.47. The lowest BCUT2D eigenvalue weighted by Crippen LogP contribution is -2.58. The average molecular weight is 464 g/mol. The predicted molar refractivity (Wildman–Crippen MR) is 132 cm³/mol. The van der Waals surface area contributed by atoms with Gasteiger partial charge < -0.3 is 15.7 Å². The lowest BCUT2D eigenvalue weighted by molar-refractivity contribution is -0.142. The first-order chi connectivity index (χ1) is 16.3. The Balaban J connectivity index is 1.42. The molecule has 1 aromatic carbocycles. The van der Waals surface area contributed by atoms with Gasteiger partial charge in [-0.05, 0) is 66.5 Å². The van der Waals surface area contributed by atoms with Crippen molar-refractivity contribution in [1.82, 2.24) is 15.6 Å². The standard InChI is InChI=1S/C28H37N3O3/c1-18(26(33)30-17-20-9-5-4-6-10-20)21-12-14-28(3)15-13-22(19(2)24(28)25(21)32)31-27(34)23-11-7-8-16-29-23/h4-11,16,18-19,21-22,24-25,32H,12-15,17H2,1-3H3,(H,30,33)(H,31,34)/t18-,19+,21-,22-,24+,25-,28-/m0/s1. The van der Waals surface area contributed by atoms with Crippen LogP contribution in [0.2, 0.25) is 0 Å². The van der Waals surface area contributed by atoms with Crippen molar-refractivity contribution in [2.75, 3.05) is 0 Å². The fraction of sp³-hybridized carbons (Fsp3) is 0.536. The van der Waals surface area contributed by atoms with Gasteiger partial charge in [0.2, 0.25) is 5.91 Å². The van der Waals surface area contributed by atoms with Crippen LogP contribution < -0.4 is 10.6 Å². The zero-order valence-electron chi connectivity index (χ0n) is 20.4. The van der Waals surface area contributed by atoms with E-state index in [1.807, 2.05) is 43.3 Å². The monoisotopic (exact) mass is 463 g/mol. The number of hydrogen-bond donors (Lipinski definition) is 3. The van der Waals surface area contributed by atoms with Crippen LogP contribution in [0.15, 0.2) is 54.7 Å². The lowest BCUT2D eigenvalue weighted by atomic mass is 9.51. The highest BCUT2D eigenvalue weighted by atomic mass is 16.3. The van der Waals surface area contributed by atoms with E-state index in [4.69, 9.17) is 0 Å². The summed E-state index contributed by atoms with van der Waals surface area (Å²) in [7, 11) is 0. The van der Waals surface area contributed by atoms with E-state index in [0.717, 1.165) is 31.2 Å². The van der Waals surface area contributed by atoms with Crippen LogP contribution in [0.25, 0.3) is 0 Å². The number of pyridine rings is 1. The van der Waals surface area contributed by atoms with Gasteiger partial charge in [-0.3, -0.25) is 14.6 Å². The topological polar surface area (TPSA) is 91.3 Å². The van der Waals surface area contributed by atoms with Gasteiger partial charge in [0, 0.05) is 24.7 Å². The van der Waals surface area contributed by atoms with E-state index in [2.05, 4.69) is 29.5 Å². The molecule has 3 N–H and O–H groups in total. The average Bonchev–Trinajstić information content (AvgIpc) is 2.85. The molecule has 0 bridgehead atoms. The van der Waals surface area contributed by atoms with Crippen molar-refractivity contribution in [2.45, 2.75) is 65.1 Å². The number of aromatic nitrogens is 1. The summed E-state index contributed by atoms with van der Waals surface area (Å²) in [5.74, 6) is -0.431. The number of nitrogens with one attached hydrogen (secondary N) is 2. The predicted octanol–water partition coefficient (Wildman–Crippen LogP) is 3.96. The molecule has 0 radical (unpaired) electrons. The Hall–Kier alpha value is -2.73. The molecule has 34 heavy (non-hydrogen) atoms. The highest BCUT2D eigenvalue weighted by molar-refractivity contribution is 5.92. The minimum absolute atomic E-state index is 0.0139. The molecule has 182 valence electrons. The van der Waals surface area contributed by atoms with Crippen molar-refractivity contribution >= 4 is 11.8 Å². The van der Waals surface area contributed by atoms with Gasteiger partial charge in [0.15, 0.2) is 0 Å². The molecule has 2 amide bonds. The number of carbonyl (C=O) groups is 2. The zero-order valence-corrected chi connectivity index (χ0v) is 20.4. The largest absolute Gasteiger partial charge is 0.392 e. The molecule has 2 fully saturated rings.